The first kappa shape index (κ1) is 20.8. The van der Waals surface area contributed by atoms with Crippen molar-refractivity contribution in [3.05, 3.63) is 82.0 Å². The number of aromatic nitrogens is 2. The summed E-state index contributed by atoms with van der Waals surface area (Å²) < 4.78 is 0. The third-order valence-electron chi connectivity index (χ3n) is 7.36. The third kappa shape index (κ3) is 3.62. The van der Waals surface area contributed by atoms with Gasteiger partial charge in [0, 0.05) is 41.9 Å². The maximum absolute atomic E-state index is 6.41. The molecule has 6 rings (SSSR count). The van der Waals surface area contributed by atoms with Crippen LogP contribution in [0.25, 0.3) is 22.0 Å². The van der Waals surface area contributed by atoms with Gasteiger partial charge in [0.05, 0.1) is 15.6 Å². The Morgan fingerprint density at radius 3 is 2.36 bits per heavy atom. The lowest BCUT2D eigenvalue weighted by Gasteiger charge is -2.40. The van der Waals surface area contributed by atoms with Gasteiger partial charge in [0.2, 0.25) is 0 Å². The van der Waals surface area contributed by atoms with E-state index in [2.05, 4.69) is 35.2 Å². The van der Waals surface area contributed by atoms with E-state index in [0.717, 1.165) is 40.9 Å². The molecule has 0 atom stereocenters. The molecule has 2 aliphatic rings. The van der Waals surface area contributed by atoms with Crippen molar-refractivity contribution >= 4 is 45.7 Å². The average Bonchev–Trinajstić information content (AvgIpc) is 3.18. The Kier molecular flexibility index (Phi) is 4.97. The van der Waals surface area contributed by atoms with Gasteiger partial charge in [-0.15, -0.1) is 0 Å². The molecule has 0 bridgehead atoms. The molecular weight excluding hydrogens is 451 g/mol. The highest BCUT2D eigenvalue weighted by Gasteiger charge is 2.39. The highest BCUT2D eigenvalue weighted by molar-refractivity contribution is 6.43. The molecule has 1 fully saturated rings. The van der Waals surface area contributed by atoms with Crippen LogP contribution in [-0.2, 0) is 12.8 Å². The van der Waals surface area contributed by atoms with E-state index in [1.54, 1.807) is 6.07 Å². The van der Waals surface area contributed by atoms with E-state index in [1.807, 2.05) is 24.4 Å². The van der Waals surface area contributed by atoms with Crippen LogP contribution in [0.2, 0.25) is 10.0 Å². The van der Waals surface area contributed by atoms with Crippen molar-refractivity contribution in [3.8, 4) is 11.1 Å². The van der Waals surface area contributed by atoms with Crippen molar-refractivity contribution in [1.29, 1.82) is 0 Å². The van der Waals surface area contributed by atoms with E-state index >= 15 is 0 Å². The van der Waals surface area contributed by atoms with Crippen molar-refractivity contribution < 1.29 is 0 Å². The van der Waals surface area contributed by atoms with Crippen LogP contribution in [0.4, 0.5) is 11.6 Å². The molecule has 1 spiro atoms. The van der Waals surface area contributed by atoms with Gasteiger partial charge in [-0.2, -0.15) is 0 Å². The second-order valence-corrected chi connectivity index (χ2v) is 10.2. The molecule has 1 saturated heterocycles. The number of nitrogen functional groups attached to an aromatic ring is 1. The number of anilines is 2. The zero-order valence-corrected chi connectivity index (χ0v) is 19.7. The first-order valence-electron chi connectivity index (χ1n) is 11.3. The van der Waals surface area contributed by atoms with E-state index in [0.29, 0.717) is 21.3 Å². The monoisotopic (exact) mass is 474 g/mol. The number of hydrogen-bond donors (Lipinski definition) is 1. The number of rotatable bonds is 2. The van der Waals surface area contributed by atoms with Crippen LogP contribution in [0.15, 0.2) is 60.8 Å². The molecule has 0 unspecified atom stereocenters. The number of pyridine rings is 2. The van der Waals surface area contributed by atoms with Crippen LogP contribution < -0.4 is 10.6 Å². The number of fused-ring (bicyclic) bond motifs is 2. The SMILES string of the molecule is Nc1nc(N2CCC3(CC2)Cc2ccccc2C3)cc2ncc(-c3cccc(Cl)c3Cl)cc12. The van der Waals surface area contributed by atoms with Crippen molar-refractivity contribution in [1.82, 2.24) is 9.97 Å². The minimum Gasteiger partial charge on any atom is -0.383 e. The normalized spacial score (nSPS) is 17.0. The predicted molar refractivity (Wildman–Crippen MR) is 137 cm³/mol. The van der Waals surface area contributed by atoms with Gasteiger partial charge < -0.3 is 10.6 Å². The van der Waals surface area contributed by atoms with Gasteiger partial charge in [-0.3, -0.25) is 4.98 Å². The number of nitrogens with zero attached hydrogens (tertiary/aromatic N) is 3. The lowest BCUT2D eigenvalue weighted by Crippen LogP contribution is -2.41. The highest BCUT2D eigenvalue weighted by Crippen LogP contribution is 2.45. The van der Waals surface area contributed by atoms with Crippen molar-refractivity contribution in [3.63, 3.8) is 0 Å². The fraction of sp³-hybridized carbons (Fsp3) is 0.259. The lowest BCUT2D eigenvalue weighted by molar-refractivity contribution is 0.232. The van der Waals surface area contributed by atoms with Gasteiger partial charge in [-0.05, 0) is 54.4 Å². The Labute approximate surface area is 203 Å². The zero-order valence-electron chi connectivity index (χ0n) is 18.2. The van der Waals surface area contributed by atoms with Gasteiger partial charge in [0.15, 0.2) is 0 Å². The molecule has 2 N–H and O–H groups in total. The van der Waals surface area contributed by atoms with E-state index in [1.165, 1.54) is 36.8 Å². The molecule has 2 aromatic carbocycles. The molecule has 0 saturated carbocycles. The standard InChI is InChI=1S/C27H24Cl2N4/c28-22-7-3-6-20(25(22)29)19-12-21-23(31-16-19)13-24(32-26(21)30)33-10-8-27(9-11-33)14-17-4-1-2-5-18(17)15-27/h1-7,12-13,16H,8-11,14-15H2,(H2,30,32). The van der Waals surface area contributed by atoms with Crippen LogP contribution in [-0.4, -0.2) is 23.1 Å². The molecule has 4 nitrogen and oxygen atoms in total. The number of halogens is 2. The molecule has 1 aliphatic carbocycles. The van der Waals surface area contributed by atoms with Crippen LogP contribution >= 0.6 is 23.2 Å². The number of benzene rings is 2. The van der Waals surface area contributed by atoms with Gasteiger partial charge in [0.25, 0.3) is 0 Å². The van der Waals surface area contributed by atoms with Gasteiger partial charge in [-0.1, -0.05) is 59.6 Å². The van der Waals surface area contributed by atoms with Crippen molar-refractivity contribution in [2.75, 3.05) is 23.7 Å². The van der Waals surface area contributed by atoms with Gasteiger partial charge >= 0.3 is 0 Å². The summed E-state index contributed by atoms with van der Waals surface area (Å²) in [5.74, 6) is 1.40. The summed E-state index contributed by atoms with van der Waals surface area (Å²) in [5, 5.41) is 1.86. The molecule has 0 amide bonds. The van der Waals surface area contributed by atoms with Crippen LogP contribution in [0.3, 0.4) is 0 Å². The molecular formula is C27H24Cl2N4. The Morgan fingerprint density at radius 1 is 0.909 bits per heavy atom. The van der Waals surface area contributed by atoms with Crippen LogP contribution in [0.1, 0.15) is 24.0 Å². The molecule has 1 aliphatic heterocycles. The van der Waals surface area contributed by atoms with E-state index in [-0.39, 0.29) is 0 Å². The fourth-order valence-corrected chi connectivity index (χ4v) is 5.92. The number of piperidine rings is 1. The van der Waals surface area contributed by atoms with Crippen molar-refractivity contribution in [2.24, 2.45) is 5.41 Å². The summed E-state index contributed by atoms with van der Waals surface area (Å²) in [5.41, 5.74) is 12.4. The van der Waals surface area contributed by atoms with Crippen LogP contribution in [0.5, 0.6) is 0 Å². The number of nitrogens with two attached hydrogens (primary N) is 1. The zero-order chi connectivity index (χ0) is 22.6. The van der Waals surface area contributed by atoms with E-state index in [4.69, 9.17) is 38.9 Å². The molecule has 2 aromatic heterocycles. The lowest BCUT2D eigenvalue weighted by atomic mass is 9.76. The molecule has 33 heavy (non-hydrogen) atoms. The fourth-order valence-electron chi connectivity index (χ4n) is 5.51. The second kappa shape index (κ2) is 7.89. The largest absolute Gasteiger partial charge is 0.383 e. The van der Waals surface area contributed by atoms with Gasteiger partial charge in [-0.25, -0.2) is 4.98 Å². The summed E-state index contributed by atoms with van der Waals surface area (Å²) in [6.07, 6.45) is 6.55. The first-order valence-corrected chi connectivity index (χ1v) is 12.1. The summed E-state index contributed by atoms with van der Waals surface area (Å²) in [6, 6.07) is 18.5. The predicted octanol–water partition coefficient (Wildman–Crippen LogP) is 6.57. The maximum Gasteiger partial charge on any atom is 0.135 e. The Hall–Kier alpha value is -2.82. The Bertz CT molecular complexity index is 1350. The quantitative estimate of drug-likeness (QED) is 0.356. The maximum atomic E-state index is 6.41. The molecule has 166 valence electrons. The van der Waals surface area contributed by atoms with Crippen molar-refractivity contribution in [2.45, 2.75) is 25.7 Å². The summed E-state index contributed by atoms with van der Waals surface area (Å²) in [7, 11) is 0. The molecule has 0 radical (unpaired) electrons. The van der Waals surface area contributed by atoms with Gasteiger partial charge in [0.1, 0.15) is 11.6 Å². The topological polar surface area (TPSA) is 55.0 Å². The van der Waals surface area contributed by atoms with E-state index in [9.17, 15) is 0 Å². The third-order valence-corrected chi connectivity index (χ3v) is 8.17. The summed E-state index contributed by atoms with van der Waals surface area (Å²) >= 11 is 12.6. The molecule has 3 heterocycles. The molecule has 6 heteroatoms. The average molecular weight is 475 g/mol. The first-order chi connectivity index (χ1) is 16.0. The molecule has 4 aromatic rings. The minimum atomic E-state index is 0.395. The Morgan fingerprint density at radius 2 is 1.64 bits per heavy atom. The highest BCUT2D eigenvalue weighted by atomic mass is 35.5. The summed E-state index contributed by atoms with van der Waals surface area (Å²) in [6.45, 7) is 1.98. The Balaban J connectivity index is 1.26. The smallest absolute Gasteiger partial charge is 0.135 e. The van der Waals surface area contributed by atoms with E-state index < -0.39 is 0 Å². The summed E-state index contributed by atoms with van der Waals surface area (Å²) in [4.78, 5) is 11.8. The van der Waals surface area contributed by atoms with Crippen LogP contribution in [0, 0.1) is 5.41 Å². The minimum absolute atomic E-state index is 0.395. The second-order valence-electron chi connectivity index (χ2n) is 9.37. The number of hydrogen-bond acceptors (Lipinski definition) is 4.